The standard InChI is InChI=1S/C44H53F2N9O6/c1-30(41(2,3)4)44(55-40(57)50-39(51-55)32-14-10-7-11-15-32)43(58-5,54-23-20-47-25-36(54)31-12-8-6-9-13-31)19-22-52(44)21-18-37(56)60-38-26-59-42(61-38,27-53-29-48-28-49-53)34-17-16-33(45)24-35(34)46/h6-17,24,28-30,36,38,47H,18-23,25-27H2,1-5H3,(H,50,51,57). The van der Waals surface area contributed by atoms with Gasteiger partial charge in [0.15, 0.2) is 17.2 Å². The van der Waals surface area contributed by atoms with Crippen LogP contribution in [0.3, 0.4) is 0 Å². The number of likely N-dealkylation sites (tertiary alicyclic amines) is 1. The summed E-state index contributed by atoms with van der Waals surface area (Å²) in [6, 6.07) is 22.7. The number of hydrogen-bond donors (Lipinski definition) is 2. The zero-order valence-corrected chi connectivity index (χ0v) is 35.1. The van der Waals surface area contributed by atoms with Gasteiger partial charge in [0.2, 0.25) is 12.1 Å². The first-order chi connectivity index (χ1) is 29.3. The van der Waals surface area contributed by atoms with E-state index in [-0.39, 0.29) is 43.6 Å². The minimum Gasteiger partial charge on any atom is -0.433 e. The third kappa shape index (κ3) is 7.72. The van der Waals surface area contributed by atoms with Crippen molar-refractivity contribution in [2.24, 2.45) is 11.3 Å². The molecule has 0 radical (unpaired) electrons. The smallest absolute Gasteiger partial charge is 0.345 e. The molecule has 0 spiro atoms. The van der Waals surface area contributed by atoms with Gasteiger partial charge in [0.25, 0.3) is 0 Å². The number of ether oxygens (including phenoxy) is 4. The van der Waals surface area contributed by atoms with Crippen LogP contribution in [-0.2, 0) is 41.7 Å². The Morgan fingerprint density at radius 3 is 2.49 bits per heavy atom. The summed E-state index contributed by atoms with van der Waals surface area (Å²) < 4.78 is 57.3. The van der Waals surface area contributed by atoms with Crippen molar-refractivity contribution >= 4 is 5.97 Å². The van der Waals surface area contributed by atoms with Crippen molar-refractivity contribution < 1.29 is 32.5 Å². The van der Waals surface area contributed by atoms with E-state index in [9.17, 15) is 14.0 Å². The Labute approximate surface area is 353 Å². The van der Waals surface area contributed by atoms with Gasteiger partial charge < -0.3 is 24.3 Å². The van der Waals surface area contributed by atoms with E-state index in [0.29, 0.717) is 38.4 Å². The van der Waals surface area contributed by atoms with E-state index in [4.69, 9.17) is 24.0 Å². The average Bonchev–Trinajstić information content (AvgIpc) is 4.07. The van der Waals surface area contributed by atoms with Gasteiger partial charge >= 0.3 is 11.7 Å². The number of methoxy groups -OCH3 is 1. The lowest BCUT2D eigenvalue weighted by atomic mass is 9.69. The summed E-state index contributed by atoms with van der Waals surface area (Å²) in [6.45, 7) is 10.7. The summed E-state index contributed by atoms with van der Waals surface area (Å²) in [5.74, 6) is -3.97. The lowest BCUT2D eigenvalue weighted by molar-refractivity contribution is -0.268. The van der Waals surface area contributed by atoms with E-state index < -0.39 is 52.2 Å². The van der Waals surface area contributed by atoms with E-state index >= 15 is 4.39 Å². The molecule has 3 fully saturated rings. The minimum absolute atomic E-state index is 0.0853. The Kier molecular flexibility index (Phi) is 11.8. The Bertz CT molecular complexity index is 2340. The van der Waals surface area contributed by atoms with Gasteiger partial charge in [-0.05, 0) is 23.1 Å². The number of aromatic nitrogens is 6. The van der Waals surface area contributed by atoms with Crippen molar-refractivity contribution in [3.63, 3.8) is 0 Å². The van der Waals surface area contributed by atoms with E-state index in [0.717, 1.165) is 23.3 Å². The molecule has 6 atom stereocenters. The van der Waals surface area contributed by atoms with Gasteiger partial charge in [0.1, 0.15) is 37.4 Å². The molecular formula is C44H53F2N9O6. The topological polar surface area (TPSA) is 154 Å². The van der Waals surface area contributed by atoms with Crippen LogP contribution in [0.25, 0.3) is 11.4 Å². The number of nitrogens with one attached hydrogen (secondary N) is 2. The molecule has 2 N–H and O–H groups in total. The number of esters is 1. The van der Waals surface area contributed by atoms with E-state index in [2.05, 4.69) is 70.0 Å². The zero-order chi connectivity index (χ0) is 43.0. The third-order valence-electron chi connectivity index (χ3n) is 12.7. The molecule has 6 unspecified atom stereocenters. The molecule has 5 heterocycles. The number of carbonyl (C=O) groups excluding carboxylic acids is 1. The maximum atomic E-state index is 15.3. The van der Waals surface area contributed by atoms with E-state index in [1.54, 1.807) is 11.8 Å². The molecule has 2 aromatic heterocycles. The van der Waals surface area contributed by atoms with Crippen LogP contribution in [0.5, 0.6) is 0 Å². The number of carbonyl (C=O) groups is 1. The molecule has 5 aromatic rings. The molecule has 15 nitrogen and oxygen atoms in total. The highest BCUT2D eigenvalue weighted by Gasteiger charge is 2.70. The number of benzene rings is 3. The first kappa shape index (κ1) is 42.5. The third-order valence-corrected chi connectivity index (χ3v) is 12.7. The molecule has 61 heavy (non-hydrogen) atoms. The molecule has 8 rings (SSSR count). The highest BCUT2D eigenvalue weighted by atomic mass is 19.1. The first-order valence-corrected chi connectivity index (χ1v) is 20.7. The summed E-state index contributed by atoms with van der Waals surface area (Å²) in [7, 11) is 1.70. The lowest BCUT2D eigenvalue weighted by Crippen LogP contribution is -2.75. The second-order valence-corrected chi connectivity index (χ2v) is 17.0. The van der Waals surface area contributed by atoms with Crippen LogP contribution in [0.15, 0.2) is 96.3 Å². The molecule has 0 bridgehead atoms. The van der Waals surface area contributed by atoms with Crippen LogP contribution in [0, 0.1) is 23.0 Å². The van der Waals surface area contributed by atoms with Gasteiger partial charge in [0.05, 0.1) is 12.5 Å². The number of aromatic amines is 1. The van der Waals surface area contributed by atoms with Gasteiger partial charge in [0, 0.05) is 69.4 Å². The number of piperazine rings is 1. The van der Waals surface area contributed by atoms with Gasteiger partial charge in [-0.25, -0.2) is 23.2 Å². The predicted molar refractivity (Wildman–Crippen MR) is 219 cm³/mol. The summed E-state index contributed by atoms with van der Waals surface area (Å²) in [4.78, 5) is 40.2. The largest absolute Gasteiger partial charge is 0.433 e. The predicted octanol–water partition coefficient (Wildman–Crippen LogP) is 5.00. The Morgan fingerprint density at radius 2 is 1.80 bits per heavy atom. The van der Waals surface area contributed by atoms with Crippen LogP contribution in [0.1, 0.15) is 57.7 Å². The quantitative estimate of drug-likeness (QED) is 0.154. The van der Waals surface area contributed by atoms with Crippen LogP contribution >= 0.6 is 0 Å². The van der Waals surface area contributed by atoms with Crippen molar-refractivity contribution in [2.75, 3.05) is 46.4 Å². The SMILES string of the molecule is COC1(N2CCNCC2c2ccccc2)CCN(CCC(=O)OC2COC(Cn3cncn3)(c3ccc(F)cc3F)O2)C1(C(C)C(C)(C)C)n1nc(-c2ccccc2)[nH]c1=O. The highest BCUT2D eigenvalue weighted by molar-refractivity contribution is 5.69. The summed E-state index contributed by atoms with van der Waals surface area (Å²) in [5, 5.41) is 12.8. The minimum atomic E-state index is -1.79. The summed E-state index contributed by atoms with van der Waals surface area (Å²) in [6.07, 6.45) is 1.85. The van der Waals surface area contributed by atoms with Gasteiger partial charge in [-0.2, -0.15) is 9.78 Å². The molecule has 0 saturated carbocycles. The number of rotatable bonds is 13. The first-order valence-electron chi connectivity index (χ1n) is 20.7. The Morgan fingerprint density at radius 1 is 1.05 bits per heavy atom. The van der Waals surface area contributed by atoms with Crippen molar-refractivity contribution in [3.05, 3.63) is 125 Å². The summed E-state index contributed by atoms with van der Waals surface area (Å²) in [5.41, 5.74) is -1.50. The normalized spacial score (nSPS) is 26.7. The van der Waals surface area contributed by atoms with Gasteiger partial charge in [-0.15, -0.1) is 5.10 Å². The molecule has 3 aliphatic rings. The maximum absolute atomic E-state index is 15.3. The fraction of sp³-hybridized carbons (Fsp3) is 0.477. The molecule has 3 aromatic carbocycles. The van der Waals surface area contributed by atoms with Crippen LogP contribution < -0.4 is 11.0 Å². The molecular weight excluding hydrogens is 789 g/mol. The number of halogens is 2. The molecule has 324 valence electrons. The second kappa shape index (κ2) is 16.9. The Hall–Kier alpha value is -5.17. The molecule has 0 amide bonds. The molecule has 0 aliphatic carbocycles. The van der Waals surface area contributed by atoms with Crippen molar-refractivity contribution in [1.29, 1.82) is 0 Å². The monoisotopic (exact) mass is 841 g/mol. The van der Waals surface area contributed by atoms with Crippen molar-refractivity contribution in [1.82, 2.24) is 44.6 Å². The number of hydrogen-bond acceptors (Lipinski definition) is 12. The Balaban J connectivity index is 1.15. The second-order valence-electron chi connectivity index (χ2n) is 17.0. The van der Waals surface area contributed by atoms with Crippen LogP contribution in [-0.4, -0.2) is 104 Å². The average molecular weight is 842 g/mol. The van der Waals surface area contributed by atoms with Gasteiger partial charge in [-0.1, -0.05) is 88.4 Å². The highest BCUT2D eigenvalue weighted by Crippen LogP contribution is 2.57. The number of H-pyrrole nitrogens is 1. The van der Waals surface area contributed by atoms with Crippen LogP contribution in [0.2, 0.25) is 0 Å². The van der Waals surface area contributed by atoms with E-state index in [1.807, 2.05) is 48.5 Å². The van der Waals surface area contributed by atoms with Gasteiger partial charge in [-0.3, -0.25) is 19.6 Å². The van der Waals surface area contributed by atoms with E-state index in [1.165, 1.54) is 23.4 Å². The fourth-order valence-corrected chi connectivity index (χ4v) is 9.59. The van der Waals surface area contributed by atoms with Crippen molar-refractivity contribution in [3.8, 4) is 11.4 Å². The molecule has 3 saturated heterocycles. The van der Waals surface area contributed by atoms with Crippen LogP contribution in [0.4, 0.5) is 8.78 Å². The zero-order valence-electron chi connectivity index (χ0n) is 35.1. The maximum Gasteiger partial charge on any atom is 0.345 e. The molecule has 3 aliphatic heterocycles. The van der Waals surface area contributed by atoms with Crippen molar-refractivity contribution in [2.45, 2.75) is 76.6 Å². The summed E-state index contributed by atoms with van der Waals surface area (Å²) >= 11 is 0. The number of nitrogens with zero attached hydrogens (tertiary/aromatic N) is 7. The molecule has 17 heteroatoms. The lowest BCUT2D eigenvalue weighted by Gasteiger charge is -2.60. The fourth-order valence-electron chi connectivity index (χ4n) is 9.59.